The minimum Gasteiger partial charge on any atom is -0.383 e. The zero-order chi connectivity index (χ0) is 20.1. The van der Waals surface area contributed by atoms with Crippen LogP contribution in [0.25, 0.3) is 27.6 Å². The first-order chi connectivity index (χ1) is 14.0. The number of nitrogens with one attached hydrogen (secondary N) is 2. The zero-order valence-electron chi connectivity index (χ0n) is 15.9. The molecule has 144 valence electrons. The van der Waals surface area contributed by atoms with Crippen LogP contribution < -0.4 is 5.73 Å². The summed E-state index contributed by atoms with van der Waals surface area (Å²) in [5, 5.41) is 5.24. The molecule has 29 heavy (non-hydrogen) atoms. The highest BCUT2D eigenvalue weighted by molar-refractivity contribution is 7.98. The first kappa shape index (κ1) is 17.6. The summed E-state index contributed by atoms with van der Waals surface area (Å²) in [6.45, 7) is 1.91. The van der Waals surface area contributed by atoms with E-state index in [0.717, 1.165) is 38.3 Å². The Morgan fingerprint density at radius 1 is 1.14 bits per heavy atom. The lowest BCUT2D eigenvalue weighted by molar-refractivity contribution is 0.104. The van der Waals surface area contributed by atoms with Crippen LogP contribution in [0.3, 0.4) is 0 Å². The molecule has 0 fully saturated rings. The van der Waals surface area contributed by atoms with Crippen molar-refractivity contribution >= 4 is 45.3 Å². The van der Waals surface area contributed by atoms with Crippen LogP contribution in [0.15, 0.2) is 53.7 Å². The van der Waals surface area contributed by atoms with Crippen molar-refractivity contribution in [3.8, 4) is 5.69 Å². The molecule has 0 amide bonds. The number of carbonyl (C=O) groups is 1. The predicted octanol–water partition coefficient (Wildman–Crippen LogP) is 4.07. The molecule has 0 bridgehead atoms. The Bertz CT molecular complexity index is 1390. The summed E-state index contributed by atoms with van der Waals surface area (Å²) < 4.78 is 1.57. The molecule has 3 aromatic heterocycles. The van der Waals surface area contributed by atoms with E-state index in [1.165, 1.54) is 6.20 Å². The van der Waals surface area contributed by atoms with Gasteiger partial charge < -0.3 is 15.7 Å². The van der Waals surface area contributed by atoms with Crippen molar-refractivity contribution in [2.75, 3.05) is 12.0 Å². The number of fused-ring (bicyclic) bond motifs is 2. The lowest BCUT2D eigenvalue weighted by Crippen LogP contribution is -2.07. The lowest BCUT2D eigenvalue weighted by Gasteiger charge is -2.05. The number of benzene rings is 2. The number of nitrogen functional groups attached to an aromatic ring is 1. The highest BCUT2D eigenvalue weighted by Crippen LogP contribution is 2.28. The maximum Gasteiger partial charge on any atom is 0.200 e. The SMILES string of the molecule is CSc1ccc2[nH]cc(C(=O)c3cnn(-c4ccc5nc(C)[nH]c5c4)c3N)c2c1. The van der Waals surface area contributed by atoms with Gasteiger partial charge in [-0.25, -0.2) is 9.67 Å². The Labute approximate surface area is 170 Å². The maximum absolute atomic E-state index is 13.2. The number of anilines is 1. The fourth-order valence-corrected chi connectivity index (χ4v) is 3.99. The quantitative estimate of drug-likeness (QED) is 0.310. The minimum absolute atomic E-state index is 0.156. The standard InChI is InChI=1S/C21H18N6OS/c1-11-25-18-5-3-12(7-19(18)26-11)27-21(22)16(10-24-27)20(28)15-9-23-17-6-4-13(29-2)8-14(15)17/h3-10,23H,22H2,1-2H3,(H,25,26). The van der Waals surface area contributed by atoms with Crippen LogP contribution in [0.2, 0.25) is 0 Å². The Hall–Kier alpha value is -3.52. The van der Waals surface area contributed by atoms with E-state index in [0.29, 0.717) is 16.9 Å². The number of nitrogens with zero attached hydrogens (tertiary/aromatic N) is 3. The van der Waals surface area contributed by atoms with Crippen molar-refractivity contribution in [2.45, 2.75) is 11.8 Å². The Morgan fingerprint density at radius 2 is 2.00 bits per heavy atom. The van der Waals surface area contributed by atoms with E-state index >= 15 is 0 Å². The molecule has 0 aliphatic carbocycles. The van der Waals surface area contributed by atoms with Crippen molar-refractivity contribution in [2.24, 2.45) is 0 Å². The third kappa shape index (κ3) is 2.80. The molecule has 0 aliphatic heterocycles. The summed E-state index contributed by atoms with van der Waals surface area (Å²) in [6, 6.07) is 11.7. The van der Waals surface area contributed by atoms with E-state index in [4.69, 9.17) is 5.73 Å². The van der Waals surface area contributed by atoms with Crippen LogP contribution in [-0.4, -0.2) is 36.8 Å². The molecule has 7 nitrogen and oxygen atoms in total. The van der Waals surface area contributed by atoms with Crippen LogP contribution >= 0.6 is 11.8 Å². The summed E-state index contributed by atoms with van der Waals surface area (Å²) >= 11 is 1.64. The number of imidazole rings is 1. The smallest absolute Gasteiger partial charge is 0.200 e. The van der Waals surface area contributed by atoms with Gasteiger partial charge in [-0.15, -0.1) is 11.8 Å². The summed E-state index contributed by atoms with van der Waals surface area (Å²) in [6.07, 6.45) is 5.26. The molecule has 0 aliphatic rings. The first-order valence-corrected chi connectivity index (χ1v) is 10.3. The molecular weight excluding hydrogens is 384 g/mol. The highest BCUT2D eigenvalue weighted by atomic mass is 32.2. The van der Waals surface area contributed by atoms with Gasteiger partial charge in [-0.1, -0.05) is 0 Å². The number of thioether (sulfide) groups is 1. The van der Waals surface area contributed by atoms with Crippen molar-refractivity contribution < 1.29 is 4.79 Å². The molecule has 0 atom stereocenters. The van der Waals surface area contributed by atoms with E-state index in [1.54, 1.807) is 22.6 Å². The molecule has 0 saturated heterocycles. The monoisotopic (exact) mass is 402 g/mol. The number of ketones is 1. The third-order valence-corrected chi connectivity index (χ3v) is 5.74. The molecule has 5 aromatic rings. The second kappa shape index (κ2) is 6.52. The van der Waals surface area contributed by atoms with E-state index in [1.807, 2.05) is 49.6 Å². The Kier molecular flexibility index (Phi) is 3.95. The molecule has 3 heterocycles. The molecule has 0 saturated carbocycles. The third-order valence-electron chi connectivity index (χ3n) is 5.01. The van der Waals surface area contributed by atoms with E-state index in [2.05, 4.69) is 20.1 Å². The Morgan fingerprint density at radius 3 is 2.83 bits per heavy atom. The van der Waals surface area contributed by atoms with Crippen LogP contribution in [0.4, 0.5) is 5.82 Å². The number of aromatic nitrogens is 5. The maximum atomic E-state index is 13.2. The van der Waals surface area contributed by atoms with E-state index in [-0.39, 0.29) is 5.78 Å². The molecule has 4 N–H and O–H groups in total. The molecule has 5 rings (SSSR count). The number of aromatic amines is 2. The summed E-state index contributed by atoms with van der Waals surface area (Å²) in [5.74, 6) is 0.989. The van der Waals surface area contributed by atoms with Crippen molar-refractivity contribution in [3.05, 3.63) is 65.7 Å². The van der Waals surface area contributed by atoms with Gasteiger partial charge in [-0.3, -0.25) is 4.79 Å². The van der Waals surface area contributed by atoms with E-state index < -0.39 is 0 Å². The van der Waals surface area contributed by atoms with Gasteiger partial charge in [0.1, 0.15) is 11.6 Å². The van der Waals surface area contributed by atoms with Crippen LogP contribution in [0, 0.1) is 6.92 Å². The highest BCUT2D eigenvalue weighted by Gasteiger charge is 2.21. The topological polar surface area (TPSA) is 105 Å². The van der Waals surface area contributed by atoms with Gasteiger partial charge >= 0.3 is 0 Å². The fourth-order valence-electron chi connectivity index (χ4n) is 3.56. The van der Waals surface area contributed by atoms with Gasteiger partial charge in [0.05, 0.1) is 28.5 Å². The Balaban J connectivity index is 1.57. The normalized spacial score (nSPS) is 11.5. The molecule has 0 radical (unpaired) electrons. The predicted molar refractivity (Wildman–Crippen MR) is 116 cm³/mol. The number of rotatable bonds is 4. The second-order valence-corrected chi connectivity index (χ2v) is 7.70. The van der Waals surface area contributed by atoms with Crippen LogP contribution in [0.1, 0.15) is 21.7 Å². The average molecular weight is 402 g/mol. The number of aryl methyl sites for hydroxylation is 1. The zero-order valence-corrected chi connectivity index (χ0v) is 16.7. The molecule has 8 heteroatoms. The minimum atomic E-state index is -0.156. The number of hydrogen-bond acceptors (Lipinski definition) is 5. The summed E-state index contributed by atoms with van der Waals surface area (Å²) in [5.41, 5.74) is 10.7. The van der Waals surface area contributed by atoms with E-state index in [9.17, 15) is 4.79 Å². The summed E-state index contributed by atoms with van der Waals surface area (Å²) in [4.78, 5) is 25.1. The van der Waals surface area contributed by atoms with Crippen LogP contribution in [-0.2, 0) is 0 Å². The van der Waals surface area contributed by atoms with Crippen molar-refractivity contribution in [1.29, 1.82) is 0 Å². The molecule has 0 spiro atoms. The van der Waals surface area contributed by atoms with Gasteiger partial charge in [0.15, 0.2) is 0 Å². The second-order valence-electron chi connectivity index (χ2n) is 6.82. The first-order valence-electron chi connectivity index (χ1n) is 9.05. The van der Waals surface area contributed by atoms with Gasteiger partial charge in [-0.05, 0) is 49.6 Å². The van der Waals surface area contributed by atoms with Gasteiger partial charge in [-0.2, -0.15) is 5.10 Å². The summed E-state index contributed by atoms with van der Waals surface area (Å²) in [7, 11) is 0. The number of hydrogen-bond donors (Lipinski definition) is 3. The fraction of sp³-hybridized carbons (Fsp3) is 0.0952. The average Bonchev–Trinajstić information content (AvgIpc) is 3.41. The number of carbonyl (C=O) groups excluding carboxylic acids is 1. The lowest BCUT2D eigenvalue weighted by atomic mass is 10.0. The molecule has 0 unspecified atom stereocenters. The van der Waals surface area contributed by atoms with Gasteiger partial charge in [0, 0.05) is 27.6 Å². The number of nitrogens with two attached hydrogens (primary N) is 1. The van der Waals surface area contributed by atoms with Crippen molar-refractivity contribution in [1.82, 2.24) is 24.7 Å². The molecule has 2 aromatic carbocycles. The number of H-pyrrole nitrogens is 2. The largest absolute Gasteiger partial charge is 0.383 e. The van der Waals surface area contributed by atoms with Crippen LogP contribution in [0.5, 0.6) is 0 Å². The molecular formula is C21H18N6OS. The van der Waals surface area contributed by atoms with Gasteiger partial charge in [0.2, 0.25) is 5.78 Å². The van der Waals surface area contributed by atoms with Gasteiger partial charge in [0.25, 0.3) is 0 Å². The van der Waals surface area contributed by atoms with Crippen molar-refractivity contribution in [3.63, 3.8) is 0 Å².